The van der Waals surface area contributed by atoms with Crippen LogP contribution in [0.15, 0.2) is 10.7 Å². The Bertz CT molecular complexity index is 485. The minimum Gasteiger partial charge on any atom is -0.381 e. The Balaban J connectivity index is 2.71. The van der Waals surface area contributed by atoms with Crippen molar-refractivity contribution in [3.63, 3.8) is 0 Å². The highest BCUT2D eigenvalue weighted by atomic mass is 32.2. The molecule has 0 radical (unpaired) electrons. The van der Waals surface area contributed by atoms with Crippen molar-refractivity contribution in [2.24, 2.45) is 17.2 Å². The number of hydrogen-bond acceptors (Lipinski definition) is 4. The van der Waals surface area contributed by atoms with E-state index in [2.05, 4.69) is 14.1 Å². The largest absolute Gasteiger partial charge is 0.381 e. The summed E-state index contributed by atoms with van der Waals surface area (Å²) in [5.74, 6) is 0.170. The second kappa shape index (κ2) is 2.22. The van der Waals surface area contributed by atoms with Crippen molar-refractivity contribution in [3.05, 3.63) is 12.0 Å². The highest BCUT2D eigenvalue weighted by Crippen LogP contribution is 2.18. The summed E-state index contributed by atoms with van der Waals surface area (Å²) in [6.07, 6.45) is 1.46. The van der Waals surface area contributed by atoms with Crippen LogP contribution < -0.4 is 10.5 Å². The minimum atomic E-state index is -3.69. The van der Waals surface area contributed by atoms with E-state index < -0.39 is 10.2 Å². The molecule has 8 heteroatoms. The van der Waals surface area contributed by atoms with Gasteiger partial charge in [-0.25, -0.2) is 9.71 Å². The Morgan fingerprint density at radius 1 is 1.62 bits per heavy atom. The van der Waals surface area contributed by atoms with Gasteiger partial charge in [-0.2, -0.15) is 8.42 Å². The molecule has 0 aliphatic carbocycles. The fourth-order valence-corrected chi connectivity index (χ4v) is 1.91. The molecule has 0 amide bonds. The molecule has 0 bridgehead atoms. The van der Waals surface area contributed by atoms with Crippen molar-refractivity contribution < 1.29 is 8.42 Å². The number of imidazole rings is 1. The number of nitrogens with two attached hydrogens (primary N) is 1. The van der Waals surface area contributed by atoms with Crippen LogP contribution in [-0.4, -0.2) is 23.8 Å². The lowest BCUT2D eigenvalue weighted by Gasteiger charge is -2.11. The SMILES string of the molecule is Cn1cnc2c1C(N)=NS(=O)(=O)N2. The molecule has 3 N–H and O–H groups in total. The van der Waals surface area contributed by atoms with Gasteiger partial charge in [0, 0.05) is 7.05 Å². The summed E-state index contributed by atoms with van der Waals surface area (Å²) in [6, 6.07) is 0. The number of aromatic nitrogens is 2. The summed E-state index contributed by atoms with van der Waals surface area (Å²) in [4.78, 5) is 3.81. The molecule has 13 heavy (non-hydrogen) atoms. The van der Waals surface area contributed by atoms with E-state index in [4.69, 9.17) is 5.73 Å². The smallest absolute Gasteiger partial charge is 0.345 e. The third-order valence-corrected chi connectivity index (χ3v) is 2.51. The quantitative estimate of drug-likeness (QED) is 0.550. The number of amidine groups is 1. The molecule has 7 nitrogen and oxygen atoms in total. The molecular weight excluding hydrogens is 194 g/mol. The lowest BCUT2D eigenvalue weighted by molar-refractivity contribution is 0.602. The van der Waals surface area contributed by atoms with Gasteiger partial charge in [0.1, 0.15) is 5.69 Å². The van der Waals surface area contributed by atoms with E-state index in [0.29, 0.717) is 5.69 Å². The summed E-state index contributed by atoms with van der Waals surface area (Å²) in [6.45, 7) is 0. The number of anilines is 1. The topological polar surface area (TPSA) is 102 Å². The van der Waals surface area contributed by atoms with Crippen molar-refractivity contribution in [2.45, 2.75) is 0 Å². The molecule has 2 rings (SSSR count). The lowest BCUT2D eigenvalue weighted by atomic mass is 10.4. The van der Waals surface area contributed by atoms with Crippen molar-refractivity contribution in [1.29, 1.82) is 0 Å². The second-order valence-electron chi connectivity index (χ2n) is 2.61. The van der Waals surface area contributed by atoms with Crippen LogP contribution in [0.5, 0.6) is 0 Å². The molecule has 2 heterocycles. The molecule has 0 spiro atoms. The van der Waals surface area contributed by atoms with Gasteiger partial charge in [-0.15, -0.1) is 4.40 Å². The summed E-state index contributed by atoms with van der Waals surface area (Å²) in [5.41, 5.74) is 5.92. The number of hydrogen-bond donors (Lipinski definition) is 2. The molecule has 0 atom stereocenters. The molecule has 0 saturated carbocycles. The molecule has 0 unspecified atom stereocenters. The fourth-order valence-electron chi connectivity index (χ4n) is 1.12. The zero-order valence-electron chi connectivity index (χ0n) is 6.72. The van der Waals surface area contributed by atoms with Gasteiger partial charge in [0.15, 0.2) is 11.7 Å². The van der Waals surface area contributed by atoms with E-state index in [0.717, 1.165) is 0 Å². The monoisotopic (exact) mass is 201 g/mol. The summed E-state index contributed by atoms with van der Waals surface area (Å²) >= 11 is 0. The molecule has 0 fully saturated rings. The van der Waals surface area contributed by atoms with Crippen molar-refractivity contribution in [3.8, 4) is 0 Å². The summed E-state index contributed by atoms with van der Waals surface area (Å²) in [5, 5.41) is 0. The predicted molar refractivity (Wildman–Crippen MR) is 46.5 cm³/mol. The maximum atomic E-state index is 11.0. The zero-order valence-corrected chi connectivity index (χ0v) is 7.54. The van der Waals surface area contributed by atoms with Crippen LogP contribution in [0.3, 0.4) is 0 Å². The van der Waals surface area contributed by atoms with Crippen molar-refractivity contribution in [2.75, 3.05) is 4.72 Å². The molecule has 1 aliphatic heterocycles. The minimum absolute atomic E-state index is 0.0475. The third-order valence-electron chi connectivity index (χ3n) is 1.62. The first-order valence-electron chi connectivity index (χ1n) is 3.39. The first-order valence-corrected chi connectivity index (χ1v) is 4.83. The number of aryl methyl sites for hydroxylation is 1. The van der Waals surface area contributed by atoms with Crippen LogP contribution in [0.4, 0.5) is 5.82 Å². The molecule has 1 aromatic heterocycles. The van der Waals surface area contributed by atoms with Crippen LogP contribution in [0.1, 0.15) is 5.69 Å². The maximum absolute atomic E-state index is 11.0. The van der Waals surface area contributed by atoms with Gasteiger partial charge in [0.05, 0.1) is 6.33 Å². The first kappa shape index (κ1) is 8.05. The summed E-state index contributed by atoms with van der Waals surface area (Å²) < 4.78 is 29.0. The Hall–Kier alpha value is -1.57. The van der Waals surface area contributed by atoms with Gasteiger partial charge in [-0.05, 0) is 0 Å². The first-order chi connectivity index (χ1) is 5.99. The Kier molecular flexibility index (Phi) is 1.38. The third kappa shape index (κ3) is 1.15. The van der Waals surface area contributed by atoms with Gasteiger partial charge >= 0.3 is 10.2 Å². The average Bonchev–Trinajstić information content (AvgIpc) is 2.28. The van der Waals surface area contributed by atoms with E-state index in [9.17, 15) is 8.42 Å². The number of nitrogens with one attached hydrogen (secondary N) is 1. The van der Waals surface area contributed by atoms with Crippen LogP contribution in [0, 0.1) is 0 Å². The van der Waals surface area contributed by atoms with E-state index in [1.54, 1.807) is 11.6 Å². The normalized spacial score (nSPS) is 18.7. The molecule has 1 aliphatic rings. The van der Waals surface area contributed by atoms with Gasteiger partial charge in [-0.1, -0.05) is 0 Å². The van der Waals surface area contributed by atoms with Crippen LogP contribution in [0.2, 0.25) is 0 Å². The van der Waals surface area contributed by atoms with Crippen LogP contribution in [0.25, 0.3) is 0 Å². The average molecular weight is 201 g/mol. The lowest BCUT2D eigenvalue weighted by Crippen LogP contribution is -2.27. The van der Waals surface area contributed by atoms with Crippen molar-refractivity contribution in [1.82, 2.24) is 9.55 Å². The fraction of sp³-hybridized carbons (Fsp3) is 0.200. The van der Waals surface area contributed by atoms with E-state index in [1.807, 2.05) is 0 Å². The van der Waals surface area contributed by atoms with Crippen LogP contribution in [-0.2, 0) is 17.3 Å². The van der Waals surface area contributed by atoms with E-state index in [1.165, 1.54) is 6.33 Å². The van der Waals surface area contributed by atoms with Crippen molar-refractivity contribution >= 4 is 21.9 Å². The molecule has 0 aromatic carbocycles. The Morgan fingerprint density at radius 3 is 3.00 bits per heavy atom. The highest BCUT2D eigenvalue weighted by molar-refractivity contribution is 7.91. The van der Waals surface area contributed by atoms with E-state index >= 15 is 0 Å². The number of nitrogens with zero attached hydrogens (tertiary/aromatic N) is 3. The Labute approximate surface area is 74.5 Å². The van der Waals surface area contributed by atoms with Gasteiger partial charge < -0.3 is 10.3 Å². The number of fused-ring (bicyclic) bond motifs is 1. The van der Waals surface area contributed by atoms with Gasteiger partial charge in [-0.3, -0.25) is 0 Å². The number of rotatable bonds is 0. The zero-order chi connectivity index (χ0) is 9.64. The Morgan fingerprint density at radius 2 is 2.31 bits per heavy atom. The molecular formula is C5H7N5O2S. The van der Waals surface area contributed by atoms with Crippen LogP contribution >= 0.6 is 0 Å². The second-order valence-corrected chi connectivity index (χ2v) is 3.94. The molecule has 1 aromatic rings. The van der Waals surface area contributed by atoms with Gasteiger partial charge in [0.2, 0.25) is 0 Å². The maximum Gasteiger partial charge on any atom is 0.345 e. The molecule has 70 valence electrons. The molecule has 0 saturated heterocycles. The van der Waals surface area contributed by atoms with Gasteiger partial charge in [0.25, 0.3) is 0 Å². The van der Waals surface area contributed by atoms with E-state index in [-0.39, 0.29) is 11.7 Å². The standard InChI is InChI=1S/C5H7N5O2S/c1-10-2-7-5-3(10)4(6)8-13(11,12)9-5/h2,9H,1H3,(H2,6,8). The predicted octanol–water partition coefficient (Wildman–Crippen LogP) is -1.20. The highest BCUT2D eigenvalue weighted by Gasteiger charge is 2.24. The summed E-state index contributed by atoms with van der Waals surface area (Å²) in [7, 11) is -1.99.